The first-order valence-electron chi connectivity index (χ1n) is 7.00. The van der Waals surface area contributed by atoms with Crippen LogP contribution in [-0.2, 0) is 28.6 Å². The summed E-state index contributed by atoms with van der Waals surface area (Å²) in [5.74, 6) is -5.00. The van der Waals surface area contributed by atoms with Gasteiger partial charge in [-0.1, -0.05) is 0 Å². The number of halogens is 2. The molecule has 0 aliphatic carbocycles. The molecule has 7 nitrogen and oxygen atoms in total. The number of ether oxygens (including phenoxy) is 3. The van der Waals surface area contributed by atoms with Gasteiger partial charge in [-0.15, -0.1) is 0 Å². The van der Waals surface area contributed by atoms with Gasteiger partial charge in [0, 0.05) is 27.7 Å². The Morgan fingerprint density at radius 2 is 1.52 bits per heavy atom. The highest BCUT2D eigenvalue weighted by molar-refractivity contribution is 5.73. The summed E-state index contributed by atoms with van der Waals surface area (Å²) in [6.07, 6.45) is -2.61. The van der Waals surface area contributed by atoms with Crippen LogP contribution in [0.4, 0.5) is 8.78 Å². The molecular formula is C14H23F2NO6. The second-order valence-electron chi connectivity index (χ2n) is 5.20. The van der Waals surface area contributed by atoms with Gasteiger partial charge in [-0.05, 0) is 6.92 Å². The number of hydrogen-bond acceptors (Lipinski definition) is 6. The molecule has 0 saturated carbocycles. The number of hydrogen-bond donors (Lipinski definition) is 1. The maximum Gasteiger partial charge on any atom is 0.302 e. The van der Waals surface area contributed by atoms with Crippen molar-refractivity contribution in [3.05, 3.63) is 0 Å². The van der Waals surface area contributed by atoms with Crippen molar-refractivity contribution in [3.63, 3.8) is 0 Å². The Bertz CT molecular complexity index is 424. The Hall–Kier alpha value is -1.77. The number of carbonyl (C=O) groups is 3. The predicted octanol–water partition coefficient (Wildman–Crippen LogP) is 1.05. The molecule has 0 bridgehead atoms. The molecule has 2 unspecified atom stereocenters. The summed E-state index contributed by atoms with van der Waals surface area (Å²) in [7, 11) is 0. The SMILES string of the molecule is CC(=O)N[C@@H](COC(C)=O)C(C)OC(COC(C)=O)C(C)(F)F. The third kappa shape index (κ3) is 9.77. The lowest BCUT2D eigenvalue weighted by molar-refractivity contribution is -0.182. The van der Waals surface area contributed by atoms with E-state index in [2.05, 4.69) is 10.1 Å². The smallest absolute Gasteiger partial charge is 0.302 e. The Balaban J connectivity index is 4.91. The molecule has 3 atom stereocenters. The van der Waals surface area contributed by atoms with Crippen LogP contribution >= 0.6 is 0 Å². The molecule has 0 aromatic rings. The highest BCUT2D eigenvalue weighted by Gasteiger charge is 2.38. The number of rotatable bonds is 9. The summed E-state index contributed by atoms with van der Waals surface area (Å²) in [5.41, 5.74) is 0. The van der Waals surface area contributed by atoms with Crippen LogP contribution in [0.15, 0.2) is 0 Å². The molecule has 0 aliphatic heterocycles. The van der Waals surface area contributed by atoms with Crippen molar-refractivity contribution in [2.24, 2.45) is 0 Å². The molecule has 1 amide bonds. The average Bonchev–Trinajstić information content (AvgIpc) is 2.36. The van der Waals surface area contributed by atoms with E-state index < -0.39 is 48.6 Å². The predicted molar refractivity (Wildman–Crippen MR) is 75.8 cm³/mol. The van der Waals surface area contributed by atoms with Crippen LogP contribution in [0, 0.1) is 0 Å². The van der Waals surface area contributed by atoms with Gasteiger partial charge in [-0.3, -0.25) is 14.4 Å². The van der Waals surface area contributed by atoms with E-state index in [1.807, 2.05) is 0 Å². The zero-order valence-corrected chi connectivity index (χ0v) is 13.9. The average molecular weight is 339 g/mol. The van der Waals surface area contributed by atoms with Gasteiger partial charge >= 0.3 is 11.9 Å². The minimum Gasteiger partial charge on any atom is -0.464 e. The van der Waals surface area contributed by atoms with Crippen molar-refractivity contribution < 1.29 is 37.4 Å². The molecule has 0 spiro atoms. The van der Waals surface area contributed by atoms with E-state index in [0.29, 0.717) is 6.92 Å². The van der Waals surface area contributed by atoms with E-state index in [1.54, 1.807) is 0 Å². The van der Waals surface area contributed by atoms with Crippen molar-refractivity contribution in [2.45, 2.75) is 58.8 Å². The van der Waals surface area contributed by atoms with E-state index >= 15 is 0 Å². The Labute approximate surface area is 133 Å². The van der Waals surface area contributed by atoms with Gasteiger partial charge in [0.25, 0.3) is 5.92 Å². The molecule has 9 heteroatoms. The maximum atomic E-state index is 13.5. The molecule has 0 heterocycles. The normalized spacial score (nSPS) is 15.3. The van der Waals surface area contributed by atoms with Gasteiger partial charge in [0.05, 0.1) is 12.1 Å². The van der Waals surface area contributed by atoms with Crippen LogP contribution in [0.3, 0.4) is 0 Å². The second-order valence-corrected chi connectivity index (χ2v) is 5.20. The molecule has 0 aliphatic rings. The van der Waals surface area contributed by atoms with Gasteiger partial charge in [0.2, 0.25) is 5.91 Å². The molecular weight excluding hydrogens is 316 g/mol. The molecule has 134 valence electrons. The van der Waals surface area contributed by atoms with E-state index in [0.717, 1.165) is 6.92 Å². The number of alkyl halides is 2. The first kappa shape index (κ1) is 21.2. The molecule has 0 rings (SSSR count). The van der Waals surface area contributed by atoms with Crippen LogP contribution < -0.4 is 5.32 Å². The lowest BCUT2D eigenvalue weighted by atomic mass is 10.1. The van der Waals surface area contributed by atoms with Gasteiger partial charge in [0.15, 0.2) is 6.10 Å². The molecule has 0 saturated heterocycles. The van der Waals surface area contributed by atoms with Gasteiger partial charge in [-0.25, -0.2) is 8.78 Å². The molecule has 0 aromatic heterocycles. The number of esters is 2. The number of nitrogens with one attached hydrogen (secondary N) is 1. The van der Waals surface area contributed by atoms with Crippen LogP contribution in [0.25, 0.3) is 0 Å². The van der Waals surface area contributed by atoms with Crippen molar-refractivity contribution in [3.8, 4) is 0 Å². The minimum absolute atomic E-state index is 0.231. The summed E-state index contributed by atoms with van der Waals surface area (Å²) >= 11 is 0. The summed E-state index contributed by atoms with van der Waals surface area (Å²) in [5, 5.41) is 2.46. The standard InChI is InChI=1S/C14H23F2NO6/c1-8(12(17-9(2)18)6-21-10(3)19)23-13(14(5,15)16)7-22-11(4)20/h8,12-13H,6-7H2,1-5H3,(H,17,18)/t8?,12-,13?/m0/s1. The fourth-order valence-corrected chi connectivity index (χ4v) is 1.61. The summed E-state index contributed by atoms with van der Waals surface area (Å²) in [6.45, 7) is 4.71. The van der Waals surface area contributed by atoms with E-state index in [9.17, 15) is 23.2 Å². The van der Waals surface area contributed by atoms with Gasteiger partial charge < -0.3 is 19.5 Å². The second kappa shape index (κ2) is 9.39. The highest BCUT2D eigenvalue weighted by atomic mass is 19.3. The summed E-state index contributed by atoms with van der Waals surface area (Å²) < 4.78 is 41.7. The van der Waals surface area contributed by atoms with E-state index in [1.165, 1.54) is 20.8 Å². The first-order valence-corrected chi connectivity index (χ1v) is 7.00. The topological polar surface area (TPSA) is 90.9 Å². The van der Waals surface area contributed by atoms with Gasteiger partial charge in [0.1, 0.15) is 13.2 Å². The lowest BCUT2D eigenvalue weighted by Gasteiger charge is -2.31. The molecule has 0 fully saturated rings. The van der Waals surface area contributed by atoms with E-state index in [-0.39, 0.29) is 6.61 Å². The molecule has 0 aromatic carbocycles. The molecule has 1 N–H and O–H groups in total. The quantitative estimate of drug-likeness (QED) is 0.631. The first-order chi connectivity index (χ1) is 10.4. The lowest BCUT2D eigenvalue weighted by Crippen LogP contribution is -2.50. The van der Waals surface area contributed by atoms with Crippen molar-refractivity contribution in [1.29, 1.82) is 0 Å². The summed E-state index contributed by atoms with van der Waals surface area (Å²) in [4.78, 5) is 32.8. The van der Waals surface area contributed by atoms with Crippen molar-refractivity contribution in [1.82, 2.24) is 5.32 Å². The van der Waals surface area contributed by atoms with Crippen LogP contribution in [0.1, 0.15) is 34.6 Å². The van der Waals surface area contributed by atoms with Crippen molar-refractivity contribution >= 4 is 17.8 Å². The monoisotopic (exact) mass is 339 g/mol. The number of amides is 1. The fraction of sp³-hybridized carbons (Fsp3) is 0.786. The van der Waals surface area contributed by atoms with Crippen LogP contribution in [-0.4, -0.2) is 55.2 Å². The number of carbonyl (C=O) groups excluding carboxylic acids is 3. The highest BCUT2D eigenvalue weighted by Crippen LogP contribution is 2.23. The minimum atomic E-state index is -3.27. The van der Waals surface area contributed by atoms with Crippen LogP contribution in [0.5, 0.6) is 0 Å². The Morgan fingerprint density at radius 3 is 1.91 bits per heavy atom. The Morgan fingerprint density at radius 1 is 1.04 bits per heavy atom. The fourth-order valence-electron chi connectivity index (χ4n) is 1.61. The van der Waals surface area contributed by atoms with Crippen LogP contribution in [0.2, 0.25) is 0 Å². The van der Waals surface area contributed by atoms with Crippen molar-refractivity contribution in [2.75, 3.05) is 13.2 Å². The Kier molecular flexibility index (Phi) is 8.66. The van der Waals surface area contributed by atoms with E-state index in [4.69, 9.17) is 9.47 Å². The largest absolute Gasteiger partial charge is 0.464 e. The third-order valence-electron chi connectivity index (χ3n) is 2.80. The zero-order chi connectivity index (χ0) is 18.2. The zero-order valence-electron chi connectivity index (χ0n) is 13.9. The third-order valence-corrected chi connectivity index (χ3v) is 2.80. The summed E-state index contributed by atoms with van der Waals surface area (Å²) in [6, 6.07) is -0.821. The maximum absolute atomic E-state index is 13.5. The molecule has 23 heavy (non-hydrogen) atoms. The molecule has 0 radical (unpaired) electrons. The van der Waals surface area contributed by atoms with Gasteiger partial charge in [-0.2, -0.15) is 0 Å².